The summed E-state index contributed by atoms with van der Waals surface area (Å²) in [5, 5.41) is 11.1. The Morgan fingerprint density at radius 3 is 2.48 bits per heavy atom. The molecule has 0 bridgehead atoms. The summed E-state index contributed by atoms with van der Waals surface area (Å²) in [6.07, 6.45) is 3.23. The van der Waals surface area contributed by atoms with Crippen LogP contribution >= 0.6 is 0 Å². The molecule has 0 saturated carbocycles. The molecule has 2 N–H and O–H groups in total. The molecule has 7 nitrogen and oxygen atoms in total. The monoisotopic (exact) mass is 396 g/mol. The van der Waals surface area contributed by atoms with Gasteiger partial charge in [0, 0.05) is 18.0 Å². The van der Waals surface area contributed by atoms with Crippen molar-refractivity contribution in [3.8, 4) is 5.75 Å². The molecule has 1 saturated heterocycles. The van der Waals surface area contributed by atoms with Crippen molar-refractivity contribution in [2.45, 2.75) is 13.0 Å². The lowest BCUT2D eigenvalue weighted by Crippen LogP contribution is -3.06. The average molecular weight is 396 g/mol. The van der Waals surface area contributed by atoms with Crippen LogP contribution in [0.2, 0.25) is 0 Å². The summed E-state index contributed by atoms with van der Waals surface area (Å²) >= 11 is 0. The summed E-state index contributed by atoms with van der Waals surface area (Å²) in [6.45, 7) is 2.90. The third kappa shape index (κ3) is 4.00. The molecule has 1 aliphatic heterocycles. The molecule has 0 radical (unpaired) electrons. The number of hydrogen-bond donors (Lipinski definition) is 2. The number of carbonyl (C=O) groups is 2. The molecular formula is C22H26N3O4+. The molecule has 1 aromatic heterocycles. The second-order valence-electron chi connectivity index (χ2n) is 7.41. The maximum absolute atomic E-state index is 12.9. The van der Waals surface area contributed by atoms with Crippen LogP contribution < -0.4 is 9.64 Å². The first-order valence-electron chi connectivity index (χ1n) is 9.47. The van der Waals surface area contributed by atoms with Crippen LogP contribution in [0.25, 0.3) is 5.76 Å². The van der Waals surface area contributed by atoms with E-state index in [0.717, 1.165) is 16.0 Å². The summed E-state index contributed by atoms with van der Waals surface area (Å²) in [4.78, 5) is 32.5. The number of hydrogen-bond acceptors (Lipinski definition) is 5. The molecule has 3 rings (SSSR count). The first-order valence-corrected chi connectivity index (χ1v) is 9.47. The highest BCUT2D eigenvalue weighted by Gasteiger charge is 2.46. The van der Waals surface area contributed by atoms with E-state index in [2.05, 4.69) is 4.98 Å². The Bertz CT molecular complexity index is 954. The van der Waals surface area contributed by atoms with Gasteiger partial charge in [0.1, 0.15) is 11.5 Å². The van der Waals surface area contributed by atoms with E-state index >= 15 is 0 Å². The molecule has 1 aromatic carbocycles. The molecular weight excluding hydrogens is 370 g/mol. The first kappa shape index (κ1) is 20.5. The number of likely N-dealkylation sites (N-methyl/N-ethyl adjacent to an activating group) is 1. The zero-order chi connectivity index (χ0) is 21.1. The smallest absolute Gasteiger partial charge is 0.295 e. The van der Waals surface area contributed by atoms with Crippen molar-refractivity contribution in [2.24, 2.45) is 0 Å². The predicted octanol–water partition coefficient (Wildman–Crippen LogP) is 0.965. The SMILES string of the molecule is COc1ccc(C(O)=C2C(=O)C(=O)N(CC[NH+](C)C)[C@H]2c2ccncc2)c(C)c1. The van der Waals surface area contributed by atoms with Gasteiger partial charge in [-0.15, -0.1) is 0 Å². The van der Waals surface area contributed by atoms with Crippen molar-refractivity contribution in [3.63, 3.8) is 0 Å². The van der Waals surface area contributed by atoms with Gasteiger partial charge in [0.15, 0.2) is 0 Å². The van der Waals surface area contributed by atoms with E-state index in [1.165, 1.54) is 4.90 Å². The number of amides is 1. The third-order valence-electron chi connectivity index (χ3n) is 5.10. The molecule has 1 atom stereocenters. The number of aliphatic hydroxyl groups excluding tert-OH is 1. The van der Waals surface area contributed by atoms with Gasteiger partial charge in [-0.05, 0) is 48.4 Å². The summed E-state index contributed by atoms with van der Waals surface area (Å²) in [5.74, 6) is -0.793. The van der Waals surface area contributed by atoms with Crippen molar-refractivity contribution >= 4 is 17.4 Å². The number of pyridine rings is 1. The van der Waals surface area contributed by atoms with Gasteiger partial charge in [0.05, 0.1) is 45.9 Å². The van der Waals surface area contributed by atoms with E-state index in [4.69, 9.17) is 4.74 Å². The number of aryl methyl sites for hydroxylation is 1. The Morgan fingerprint density at radius 1 is 1.21 bits per heavy atom. The van der Waals surface area contributed by atoms with Gasteiger partial charge in [-0.25, -0.2) is 0 Å². The van der Waals surface area contributed by atoms with Crippen LogP contribution in [0, 0.1) is 6.92 Å². The minimum Gasteiger partial charge on any atom is -0.507 e. The molecule has 7 heteroatoms. The summed E-state index contributed by atoms with van der Waals surface area (Å²) in [7, 11) is 5.54. The topological polar surface area (TPSA) is 84.2 Å². The van der Waals surface area contributed by atoms with E-state index in [-0.39, 0.29) is 11.3 Å². The quantitative estimate of drug-likeness (QED) is 0.432. The fraction of sp³-hybridized carbons (Fsp3) is 0.318. The zero-order valence-electron chi connectivity index (χ0n) is 17.1. The van der Waals surface area contributed by atoms with Gasteiger partial charge in [-0.1, -0.05) is 0 Å². The van der Waals surface area contributed by atoms with E-state index in [0.29, 0.717) is 24.4 Å². The van der Waals surface area contributed by atoms with Crippen LogP contribution in [-0.4, -0.2) is 61.0 Å². The average Bonchev–Trinajstić information content (AvgIpc) is 2.97. The first-order chi connectivity index (χ1) is 13.8. The molecule has 1 fully saturated rings. The molecule has 152 valence electrons. The van der Waals surface area contributed by atoms with Crippen molar-refractivity contribution < 1.29 is 24.3 Å². The number of likely N-dealkylation sites (tertiary alicyclic amines) is 1. The second kappa shape index (κ2) is 8.45. The summed E-state index contributed by atoms with van der Waals surface area (Å²) < 4.78 is 5.22. The number of quaternary nitrogens is 1. The minimum atomic E-state index is -0.673. The van der Waals surface area contributed by atoms with Crippen LogP contribution in [-0.2, 0) is 9.59 Å². The summed E-state index contributed by atoms with van der Waals surface area (Å²) in [5.41, 5.74) is 2.09. The van der Waals surface area contributed by atoms with Crippen LogP contribution in [0.4, 0.5) is 0 Å². The number of carbonyl (C=O) groups excluding carboxylic acids is 2. The number of nitrogens with one attached hydrogen (secondary N) is 1. The Morgan fingerprint density at radius 2 is 1.90 bits per heavy atom. The maximum atomic E-state index is 12.9. The molecule has 0 spiro atoms. The lowest BCUT2D eigenvalue weighted by atomic mass is 9.94. The van der Waals surface area contributed by atoms with Crippen LogP contribution in [0.15, 0.2) is 48.3 Å². The third-order valence-corrected chi connectivity index (χ3v) is 5.10. The number of rotatable bonds is 6. The number of aromatic nitrogens is 1. The summed E-state index contributed by atoms with van der Waals surface area (Å²) in [6, 6.07) is 8.07. The fourth-order valence-corrected chi connectivity index (χ4v) is 3.52. The standard InChI is InChI=1S/C22H25N3O4/c1-14-13-16(29-4)5-6-17(14)20(26)18-19(15-7-9-23-10-8-15)25(12-11-24(2)3)22(28)21(18)27/h5-10,13,19,26H,11-12H2,1-4H3/p+1/t19-/m0/s1. The second-order valence-corrected chi connectivity index (χ2v) is 7.41. The highest BCUT2D eigenvalue weighted by Crippen LogP contribution is 2.39. The number of methoxy groups -OCH3 is 1. The zero-order valence-corrected chi connectivity index (χ0v) is 17.1. The Labute approximate surface area is 170 Å². The van der Waals surface area contributed by atoms with Gasteiger partial charge in [-0.3, -0.25) is 14.6 Å². The van der Waals surface area contributed by atoms with E-state index < -0.39 is 17.7 Å². The lowest BCUT2D eigenvalue weighted by molar-refractivity contribution is -0.857. The largest absolute Gasteiger partial charge is 0.507 e. The van der Waals surface area contributed by atoms with Gasteiger partial charge in [-0.2, -0.15) is 0 Å². The number of ketones is 1. The molecule has 0 unspecified atom stereocenters. The molecule has 29 heavy (non-hydrogen) atoms. The maximum Gasteiger partial charge on any atom is 0.295 e. The fourth-order valence-electron chi connectivity index (χ4n) is 3.52. The van der Waals surface area contributed by atoms with Gasteiger partial charge in [0.2, 0.25) is 0 Å². The van der Waals surface area contributed by atoms with Crippen molar-refractivity contribution in [1.29, 1.82) is 0 Å². The molecule has 1 amide bonds. The highest BCUT2D eigenvalue weighted by molar-refractivity contribution is 6.46. The number of ether oxygens (including phenoxy) is 1. The number of benzene rings is 1. The van der Waals surface area contributed by atoms with E-state index in [1.54, 1.807) is 49.8 Å². The van der Waals surface area contributed by atoms with Crippen LogP contribution in [0.1, 0.15) is 22.7 Å². The normalized spacial score (nSPS) is 18.5. The predicted molar refractivity (Wildman–Crippen MR) is 109 cm³/mol. The molecule has 1 aliphatic rings. The van der Waals surface area contributed by atoms with Crippen LogP contribution in [0.3, 0.4) is 0 Å². The Hall–Kier alpha value is -3.19. The number of aliphatic hydroxyl groups is 1. The van der Waals surface area contributed by atoms with Crippen molar-refractivity contribution in [1.82, 2.24) is 9.88 Å². The number of nitrogens with zero attached hydrogens (tertiary/aromatic N) is 2. The lowest BCUT2D eigenvalue weighted by Gasteiger charge is -2.25. The molecule has 2 aromatic rings. The van der Waals surface area contributed by atoms with Gasteiger partial charge >= 0.3 is 0 Å². The van der Waals surface area contributed by atoms with E-state index in [9.17, 15) is 14.7 Å². The Balaban J connectivity index is 2.15. The minimum absolute atomic E-state index is 0.100. The van der Waals surface area contributed by atoms with Crippen molar-refractivity contribution in [2.75, 3.05) is 34.3 Å². The highest BCUT2D eigenvalue weighted by atomic mass is 16.5. The molecule has 0 aliphatic carbocycles. The molecule has 2 heterocycles. The van der Waals surface area contributed by atoms with Crippen LogP contribution in [0.5, 0.6) is 5.75 Å². The Kier molecular flexibility index (Phi) is 5.98. The van der Waals surface area contributed by atoms with Gasteiger partial charge in [0.25, 0.3) is 11.7 Å². The van der Waals surface area contributed by atoms with E-state index in [1.807, 2.05) is 21.0 Å². The number of Topliss-reactive ketones (excluding diaryl/α,β-unsaturated/α-hetero) is 1. The van der Waals surface area contributed by atoms with Gasteiger partial charge < -0.3 is 19.6 Å². The van der Waals surface area contributed by atoms with Crippen molar-refractivity contribution in [3.05, 3.63) is 65.0 Å².